The zero-order valence-corrected chi connectivity index (χ0v) is 46.4. The van der Waals surface area contributed by atoms with Gasteiger partial charge in [-0.3, -0.25) is 14.4 Å². The lowest BCUT2D eigenvalue weighted by molar-refractivity contribution is -0.167. The van der Waals surface area contributed by atoms with E-state index in [0.717, 1.165) is 57.8 Å². The summed E-state index contributed by atoms with van der Waals surface area (Å²) < 4.78 is 16.9. The summed E-state index contributed by atoms with van der Waals surface area (Å²) in [6.45, 7) is 6.72. The number of hydrogen-bond donors (Lipinski definition) is 0. The van der Waals surface area contributed by atoms with Crippen LogP contribution < -0.4 is 0 Å². The van der Waals surface area contributed by atoms with Crippen LogP contribution in [0, 0.1) is 0 Å². The average Bonchev–Trinajstić information content (AvgIpc) is 3.34. The molecule has 0 aliphatic heterocycles. The van der Waals surface area contributed by atoms with E-state index in [2.05, 4.69) is 20.8 Å². The molecule has 0 fully saturated rings. The fraction of sp³-hybridized carbons (Fsp3) is 0.952. The first-order valence-electron chi connectivity index (χ1n) is 31.0. The van der Waals surface area contributed by atoms with Crippen LogP contribution in [-0.4, -0.2) is 37.2 Å². The van der Waals surface area contributed by atoms with E-state index in [1.54, 1.807) is 0 Å². The first kappa shape index (κ1) is 66.4. The van der Waals surface area contributed by atoms with Gasteiger partial charge in [0, 0.05) is 19.3 Å². The van der Waals surface area contributed by atoms with E-state index in [9.17, 15) is 14.4 Å². The van der Waals surface area contributed by atoms with Crippen molar-refractivity contribution >= 4 is 17.9 Å². The molecular weight excluding hydrogens is 841 g/mol. The van der Waals surface area contributed by atoms with Crippen LogP contribution in [0.3, 0.4) is 0 Å². The molecule has 68 heavy (non-hydrogen) atoms. The van der Waals surface area contributed by atoms with Crippen LogP contribution in [0.5, 0.6) is 0 Å². The molecule has 0 N–H and O–H groups in total. The van der Waals surface area contributed by atoms with Gasteiger partial charge in [0.05, 0.1) is 0 Å². The smallest absolute Gasteiger partial charge is 0.306 e. The Labute approximate surface area is 425 Å². The summed E-state index contributed by atoms with van der Waals surface area (Å²) in [5, 5.41) is 0. The summed E-state index contributed by atoms with van der Waals surface area (Å²) in [6, 6.07) is 0. The number of esters is 3. The van der Waals surface area contributed by atoms with E-state index in [0.29, 0.717) is 19.3 Å². The maximum absolute atomic E-state index is 12.9. The summed E-state index contributed by atoms with van der Waals surface area (Å²) in [5.41, 5.74) is 0. The van der Waals surface area contributed by atoms with Crippen molar-refractivity contribution in [2.45, 2.75) is 367 Å². The van der Waals surface area contributed by atoms with Crippen molar-refractivity contribution in [3.05, 3.63) is 0 Å². The van der Waals surface area contributed by atoms with Gasteiger partial charge in [0.1, 0.15) is 13.2 Å². The van der Waals surface area contributed by atoms with Gasteiger partial charge in [-0.2, -0.15) is 0 Å². The van der Waals surface area contributed by atoms with Gasteiger partial charge in [-0.15, -0.1) is 0 Å². The Bertz CT molecular complexity index is 1010. The molecule has 0 radical (unpaired) electrons. The Morgan fingerprint density at radius 1 is 0.235 bits per heavy atom. The maximum Gasteiger partial charge on any atom is 0.306 e. The van der Waals surface area contributed by atoms with Gasteiger partial charge in [-0.25, -0.2) is 0 Å². The van der Waals surface area contributed by atoms with Crippen LogP contribution in [0.25, 0.3) is 0 Å². The lowest BCUT2D eigenvalue weighted by Crippen LogP contribution is -2.30. The second-order valence-electron chi connectivity index (χ2n) is 21.3. The quantitative estimate of drug-likeness (QED) is 0.0343. The standard InChI is InChI=1S/C62H120O6/c1-4-7-10-13-16-19-22-25-27-29-31-33-35-38-40-43-46-49-52-55-61(64)67-58-59(68-62(65)56-53-50-47-44-41-36-24-21-18-15-12-9-6-3)57-66-60(63)54-51-48-45-42-39-37-34-32-30-28-26-23-20-17-14-11-8-5-2/h59H,4-58H2,1-3H3/t59-/m1/s1. The molecule has 0 aliphatic carbocycles. The molecule has 0 aromatic carbocycles. The van der Waals surface area contributed by atoms with Crippen LogP contribution in [-0.2, 0) is 28.6 Å². The molecule has 0 spiro atoms. The lowest BCUT2D eigenvalue weighted by atomic mass is 10.0. The summed E-state index contributed by atoms with van der Waals surface area (Å²) in [6.07, 6.45) is 65.3. The molecule has 0 rings (SSSR count). The Balaban J connectivity index is 4.24. The fourth-order valence-electron chi connectivity index (χ4n) is 9.68. The van der Waals surface area contributed by atoms with Crippen molar-refractivity contribution in [1.82, 2.24) is 0 Å². The fourth-order valence-corrected chi connectivity index (χ4v) is 9.68. The molecule has 0 bridgehead atoms. The van der Waals surface area contributed by atoms with Crippen molar-refractivity contribution < 1.29 is 28.6 Å². The Hall–Kier alpha value is -1.59. The molecule has 0 saturated carbocycles. The van der Waals surface area contributed by atoms with Crippen molar-refractivity contribution in [1.29, 1.82) is 0 Å². The predicted molar refractivity (Wildman–Crippen MR) is 294 cm³/mol. The molecule has 0 heterocycles. The van der Waals surface area contributed by atoms with E-state index in [-0.39, 0.29) is 31.1 Å². The van der Waals surface area contributed by atoms with Gasteiger partial charge in [0.2, 0.25) is 0 Å². The topological polar surface area (TPSA) is 78.9 Å². The van der Waals surface area contributed by atoms with Crippen LogP contribution in [0.4, 0.5) is 0 Å². The van der Waals surface area contributed by atoms with Gasteiger partial charge in [-0.1, -0.05) is 323 Å². The van der Waals surface area contributed by atoms with Crippen molar-refractivity contribution in [2.75, 3.05) is 13.2 Å². The Morgan fingerprint density at radius 3 is 0.588 bits per heavy atom. The van der Waals surface area contributed by atoms with E-state index in [4.69, 9.17) is 14.2 Å². The Kier molecular flexibility index (Phi) is 56.6. The molecule has 6 heteroatoms. The molecule has 404 valence electrons. The van der Waals surface area contributed by atoms with Crippen molar-refractivity contribution in [2.24, 2.45) is 0 Å². The SMILES string of the molecule is CCCCCCCCCCCCCCCCCCCCCC(=O)OC[C@@H](COC(=O)CCCCCCCCCCCCCCCCCCCC)OC(=O)CCCCCCCCCCCCCCC. The molecule has 0 amide bonds. The van der Waals surface area contributed by atoms with Crippen LogP contribution in [0.15, 0.2) is 0 Å². The van der Waals surface area contributed by atoms with Crippen LogP contribution in [0.2, 0.25) is 0 Å². The van der Waals surface area contributed by atoms with Crippen molar-refractivity contribution in [3.8, 4) is 0 Å². The van der Waals surface area contributed by atoms with Gasteiger partial charge >= 0.3 is 17.9 Å². The third-order valence-electron chi connectivity index (χ3n) is 14.4. The third kappa shape index (κ3) is 55.3. The highest BCUT2D eigenvalue weighted by atomic mass is 16.6. The largest absolute Gasteiger partial charge is 0.462 e. The second-order valence-corrected chi connectivity index (χ2v) is 21.3. The monoisotopic (exact) mass is 961 g/mol. The molecule has 0 aromatic rings. The van der Waals surface area contributed by atoms with Gasteiger partial charge < -0.3 is 14.2 Å². The lowest BCUT2D eigenvalue weighted by Gasteiger charge is -2.18. The molecule has 0 aliphatic rings. The number of unbranched alkanes of at least 4 members (excludes halogenated alkanes) is 47. The number of ether oxygens (including phenoxy) is 3. The number of rotatable bonds is 58. The zero-order chi connectivity index (χ0) is 49.3. The number of hydrogen-bond acceptors (Lipinski definition) is 6. The summed E-state index contributed by atoms with van der Waals surface area (Å²) in [7, 11) is 0. The third-order valence-corrected chi connectivity index (χ3v) is 14.4. The highest BCUT2D eigenvalue weighted by molar-refractivity contribution is 5.71. The Morgan fingerprint density at radius 2 is 0.397 bits per heavy atom. The highest BCUT2D eigenvalue weighted by Crippen LogP contribution is 2.18. The minimum Gasteiger partial charge on any atom is -0.462 e. The summed E-state index contributed by atoms with van der Waals surface area (Å²) >= 11 is 0. The van der Waals surface area contributed by atoms with Crippen molar-refractivity contribution in [3.63, 3.8) is 0 Å². The molecule has 1 atom stereocenters. The first-order valence-corrected chi connectivity index (χ1v) is 31.0. The van der Waals surface area contributed by atoms with E-state index in [1.165, 1.54) is 263 Å². The summed E-state index contributed by atoms with van der Waals surface area (Å²) in [4.78, 5) is 38.2. The van der Waals surface area contributed by atoms with Gasteiger partial charge in [0.15, 0.2) is 6.10 Å². The average molecular weight is 962 g/mol. The molecule has 0 aromatic heterocycles. The minimum atomic E-state index is -0.761. The first-order chi connectivity index (χ1) is 33.5. The molecule has 0 unspecified atom stereocenters. The normalized spacial score (nSPS) is 11.9. The highest BCUT2D eigenvalue weighted by Gasteiger charge is 2.19. The van der Waals surface area contributed by atoms with Gasteiger partial charge in [0.25, 0.3) is 0 Å². The number of carbonyl (C=O) groups excluding carboxylic acids is 3. The molecule has 0 saturated heterocycles. The maximum atomic E-state index is 12.9. The predicted octanol–water partition coefficient (Wildman–Crippen LogP) is 20.7. The van der Waals surface area contributed by atoms with Crippen LogP contribution in [0.1, 0.15) is 361 Å². The molecule has 6 nitrogen and oxygen atoms in total. The van der Waals surface area contributed by atoms with E-state index < -0.39 is 6.10 Å². The summed E-state index contributed by atoms with van der Waals surface area (Å²) in [5.74, 6) is -0.827. The molecular formula is C62H120O6. The second kappa shape index (κ2) is 58.0. The minimum absolute atomic E-state index is 0.0607. The van der Waals surface area contributed by atoms with Crippen LogP contribution >= 0.6 is 0 Å². The zero-order valence-electron chi connectivity index (χ0n) is 46.4. The van der Waals surface area contributed by atoms with Gasteiger partial charge in [-0.05, 0) is 19.3 Å². The van der Waals surface area contributed by atoms with E-state index in [1.807, 2.05) is 0 Å². The van der Waals surface area contributed by atoms with E-state index >= 15 is 0 Å². The number of carbonyl (C=O) groups is 3.